The number of ketones is 1. The summed E-state index contributed by atoms with van der Waals surface area (Å²) in [5.41, 5.74) is 1.57. The Morgan fingerprint density at radius 2 is 1.83 bits per heavy atom. The molecule has 0 atom stereocenters. The molecule has 0 aliphatic rings. The standard InChI is InChI=1S/C8H9ClN2O/c1-4-7(6(3)12)10-5(2)8(9)11-4/h1-3H3. The lowest BCUT2D eigenvalue weighted by Gasteiger charge is -2.02. The van der Waals surface area contributed by atoms with Gasteiger partial charge in [0.15, 0.2) is 10.9 Å². The quantitative estimate of drug-likeness (QED) is 0.627. The van der Waals surface area contributed by atoms with Gasteiger partial charge in [-0.15, -0.1) is 0 Å². The van der Waals surface area contributed by atoms with Crippen LogP contribution in [0, 0.1) is 13.8 Å². The van der Waals surface area contributed by atoms with E-state index < -0.39 is 0 Å². The van der Waals surface area contributed by atoms with Crippen molar-refractivity contribution in [2.45, 2.75) is 20.8 Å². The molecule has 0 spiro atoms. The second-order valence-corrected chi connectivity index (χ2v) is 2.95. The molecular weight excluding hydrogens is 176 g/mol. The highest BCUT2D eigenvalue weighted by molar-refractivity contribution is 6.30. The van der Waals surface area contributed by atoms with Gasteiger partial charge in [-0.05, 0) is 13.8 Å². The molecule has 1 aromatic rings. The average Bonchev–Trinajstić information content (AvgIpc) is 1.96. The first-order chi connectivity index (χ1) is 5.52. The summed E-state index contributed by atoms with van der Waals surface area (Å²) in [6.07, 6.45) is 0. The minimum Gasteiger partial charge on any atom is -0.293 e. The molecular formula is C8H9ClN2O. The largest absolute Gasteiger partial charge is 0.293 e. The minimum absolute atomic E-state index is 0.0835. The number of halogens is 1. The zero-order valence-corrected chi connectivity index (χ0v) is 7.94. The van der Waals surface area contributed by atoms with Crippen molar-refractivity contribution in [3.8, 4) is 0 Å². The second kappa shape index (κ2) is 3.19. The van der Waals surface area contributed by atoms with Crippen LogP contribution in [0.3, 0.4) is 0 Å². The highest BCUT2D eigenvalue weighted by Gasteiger charge is 2.09. The van der Waals surface area contributed by atoms with Crippen LogP contribution in [0.5, 0.6) is 0 Å². The molecule has 12 heavy (non-hydrogen) atoms. The number of carbonyl (C=O) groups excluding carboxylic acids is 1. The first-order valence-corrected chi connectivity index (χ1v) is 3.92. The lowest BCUT2D eigenvalue weighted by molar-refractivity contribution is 0.101. The molecule has 1 rings (SSSR count). The van der Waals surface area contributed by atoms with Gasteiger partial charge in [-0.2, -0.15) is 0 Å². The van der Waals surface area contributed by atoms with Gasteiger partial charge in [-0.1, -0.05) is 11.6 Å². The van der Waals surface area contributed by atoms with Crippen molar-refractivity contribution in [2.75, 3.05) is 0 Å². The number of aromatic nitrogens is 2. The van der Waals surface area contributed by atoms with E-state index in [2.05, 4.69) is 9.97 Å². The predicted octanol–water partition coefficient (Wildman–Crippen LogP) is 1.95. The Labute approximate surface area is 75.8 Å². The number of Topliss-reactive ketones (excluding diaryl/α,β-unsaturated/α-hetero) is 1. The average molecular weight is 185 g/mol. The van der Waals surface area contributed by atoms with E-state index in [9.17, 15) is 4.79 Å². The smallest absolute Gasteiger partial charge is 0.179 e. The summed E-state index contributed by atoms with van der Waals surface area (Å²) >= 11 is 5.71. The van der Waals surface area contributed by atoms with E-state index in [1.54, 1.807) is 13.8 Å². The van der Waals surface area contributed by atoms with Crippen LogP contribution in [0.25, 0.3) is 0 Å². The Bertz CT molecular complexity index is 336. The monoisotopic (exact) mass is 184 g/mol. The lowest BCUT2D eigenvalue weighted by atomic mass is 10.2. The third-order valence-corrected chi connectivity index (χ3v) is 1.88. The molecule has 0 saturated heterocycles. The van der Waals surface area contributed by atoms with Crippen molar-refractivity contribution < 1.29 is 4.79 Å². The molecule has 0 aliphatic heterocycles. The Balaban J connectivity index is 3.33. The molecule has 3 nitrogen and oxygen atoms in total. The molecule has 4 heteroatoms. The first kappa shape index (κ1) is 9.13. The minimum atomic E-state index is -0.0835. The molecule has 0 bridgehead atoms. The zero-order chi connectivity index (χ0) is 9.30. The van der Waals surface area contributed by atoms with Crippen LogP contribution in [0.1, 0.15) is 28.8 Å². The van der Waals surface area contributed by atoms with Crippen molar-refractivity contribution in [3.63, 3.8) is 0 Å². The summed E-state index contributed by atoms with van der Waals surface area (Å²) in [6.45, 7) is 4.90. The van der Waals surface area contributed by atoms with E-state index in [4.69, 9.17) is 11.6 Å². The topological polar surface area (TPSA) is 42.9 Å². The molecule has 0 radical (unpaired) electrons. The summed E-state index contributed by atoms with van der Waals surface area (Å²) in [5.74, 6) is -0.0835. The zero-order valence-electron chi connectivity index (χ0n) is 7.18. The molecule has 1 aromatic heterocycles. The number of rotatable bonds is 1. The fourth-order valence-corrected chi connectivity index (χ4v) is 1.08. The van der Waals surface area contributed by atoms with E-state index in [1.807, 2.05) is 0 Å². The van der Waals surface area contributed by atoms with Crippen LogP contribution in [0.4, 0.5) is 0 Å². The molecule has 0 amide bonds. The lowest BCUT2D eigenvalue weighted by Crippen LogP contribution is -2.04. The fraction of sp³-hybridized carbons (Fsp3) is 0.375. The summed E-state index contributed by atoms with van der Waals surface area (Å²) < 4.78 is 0. The maximum atomic E-state index is 11.0. The van der Waals surface area contributed by atoms with Crippen LogP contribution < -0.4 is 0 Å². The van der Waals surface area contributed by atoms with Crippen LogP contribution in [0.15, 0.2) is 0 Å². The van der Waals surface area contributed by atoms with Crippen molar-refractivity contribution in [1.29, 1.82) is 0 Å². The molecule has 0 unspecified atom stereocenters. The van der Waals surface area contributed by atoms with Gasteiger partial charge in [0.25, 0.3) is 0 Å². The maximum Gasteiger partial charge on any atom is 0.179 e. The Kier molecular flexibility index (Phi) is 2.43. The number of nitrogens with zero attached hydrogens (tertiary/aromatic N) is 2. The number of carbonyl (C=O) groups is 1. The molecule has 0 aliphatic carbocycles. The Morgan fingerprint density at radius 1 is 1.25 bits per heavy atom. The number of hydrogen-bond donors (Lipinski definition) is 0. The van der Waals surface area contributed by atoms with Gasteiger partial charge in [0, 0.05) is 6.92 Å². The van der Waals surface area contributed by atoms with Crippen LogP contribution >= 0.6 is 11.6 Å². The Morgan fingerprint density at radius 3 is 2.33 bits per heavy atom. The van der Waals surface area contributed by atoms with E-state index in [-0.39, 0.29) is 5.78 Å². The van der Waals surface area contributed by atoms with Crippen molar-refractivity contribution in [2.24, 2.45) is 0 Å². The molecule has 0 N–H and O–H groups in total. The van der Waals surface area contributed by atoms with Gasteiger partial charge in [0.1, 0.15) is 5.69 Å². The Hall–Kier alpha value is -0.960. The SMILES string of the molecule is CC(=O)c1nc(C)c(Cl)nc1C. The molecule has 0 aromatic carbocycles. The van der Waals surface area contributed by atoms with E-state index >= 15 is 0 Å². The van der Waals surface area contributed by atoms with Gasteiger partial charge in [0.05, 0.1) is 11.4 Å². The third kappa shape index (κ3) is 1.61. The summed E-state index contributed by atoms with van der Waals surface area (Å²) in [5, 5.41) is 0.359. The summed E-state index contributed by atoms with van der Waals surface area (Å²) in [6, 6.07) is 0. The van der Waals surface area contributed by atoms with Gasteiger partial charge in [0.2, 0.25) is 0 Å². The highest BCUT2D eigenvalue weighted by atomic mass is 35.5. The third-order valence-electron chi connectivity index (χ3n) is 1.52. The molecule has 0 saturated carbocycles. The van der Waals surface area contributed by atoms with Crippen LogP contribution in [0.2, 0.25) is 5.15 Å². The van der Waals surface area contributed by atoms with E-state index in [0.29, 0.717) is 22.2 Å². The number of aryl methyl sites for hydroxylation is 2. The van der Waals surface area contributed by atoms with Gasteiger partial charge in [-0.3, -0.25) is 4.79 Å². The molecule has 64 valence electrons. The molecule has 0 fully saturated rings. The maximum absolute atomic E-state index is 11.0. The van der Waals surface area contributed by atoms with E-state index in [1.165, 1.54) is 6.92 Å². The highest BCUT2D eigenvalue weighted by Crippen LogP contribution is 2.12. The van der Waals surface area contributed by atoms with Gasteiger partial charge < -0.3 is 0 Å². The van der Waals surface area contributed by atoms with Crippen LogP contribution in [-0.2, 0) is 0 Å². The predicted molar refractivity (Wildman–Crippen MR) is 46.5 cm³/mol. The number of hydrogen-bond acceptors (Lipinski definition) is 3. The summed E-state index contributed by atoms with van der Waals surface area (Å²) in [4.78, 5) is 19.0. The second-order valence-electron chi connectivity index (χ2n) is 2.59. The first-order valence-electron chi connectivity index (χ1n) is 3.54. The van der Waals surface area contributed by atoms with Gasteiger partial charge in [-0.25, -0.2) is 9.97 Å². The van der Waals surface area contributed by atoms with E-state index in [0.717, 1.165) is 0 Å². The van der Waals surface area contributed by atoms with Crippen LogP contribution in [-0.4, -0.2) is 15.8 Å². The van der Waals surface area contributed by atoms with Crippen molar-refractivity contribution >= 4 is 17.4 Å². The fourth-order valence-electron chi connectivity index (χ4n) is 0.909. The molecule has 1 heterocycles. The summed E-state index contributed by atoms with van der Waals surface area (Å²) in [7, 11) is 0. The van der Waals surface area contributed by atoms with Crippen molar-refractivity contribution in [1.82, 2.24) is 9.97 Å². The normalized spacial score (nSPS) is 10.0. The van der Waals surface area contributed by atoms with Crippen molar-refractivity contribution in [3.05, 3.63) is 22.2 Å². The van der Waals surface area contributed by atoms with Gasteiger partial charge >= 0.3 is 0 Å².